The normalized spacial score (nSPS) is 11.0. The van der Waals surface area contributed by atoms with Gasteiger partial charge in [-0.25, -0.2) is 4.79 Å². The van der Waals surface area contributed by atoms with Gasteiger partial charge in [0.15, 0.2) is 0 Å². The second-order valence-electron chi connectivity index (χ2n) is 3.42. The van der Waals surface area contributed by atoms with E-state index in [0.717, 1.165) is 5.57 Å². The summed E-state index contributed by atoms with van der Waals surface area (Å²) in [5.74, 6) is 0.306. The van der Waals surface area contributed by atoms with Crippen LogP contribution in [0.5, 0.6) is 0 Å². The molecular weight excluding hydrogens is 192 g/mol. The molecule has 0 aromatic carbocycles. The van der Waals surface area contributed by atoms with Crippen molar-refractivity contribution in [2.24, 2.45) is 5.92 Å². The summed E-state index contributed by atoms with van der Waals surface area (Å²) in [7, 11) is 0. The van der Waals surface area contributed by atoms with E-state index in [0.29, 0.717) is 12.5 Å². The fourth-order valence-corrected chi connectivity index (χ4v) is 0.745. The molecule has 0 aliphatic heterocycles. The quantitative estimate of drug-likeness (QED) is 0.499. The molecule has 0 saturated carbocycles. The second-order valence-corrected chi connectivity index (χ2v) is 3.42. The molecule has 0 unspecified atom stereocenters. The number of carbonyl (C=O) groups is 1. The number of hydrogen-bond donors (Lipinski definition) is 0. The smallest absolute Gasteiger partial charge is 0.434 e. The van der Waals surface area contributed by atoms with Crippen LogP contribution in [0.2, 0.25) is 0 Å². The average molecular weight is 210 g/mol. The van der Waals surface area contributed by atoms with Gasteiger partial charge >= 0.3 is 6.16 Å². The molecule has 0 fully saturated rings. The molecular formula is C12H18O3. The van der Waals surface area contributed by atoms with E-state index in [2.05, 4.69) is 13.2 Å². The molecule has 3 nitrogen and oxygen atoms in total. The van der Waals surface area contributed by atoms with E-state index in [1.54, 1.807) is 18.2 Å². The fourth-order valence-electron chi connectivity index (χ4n) is 0.745. The summed E-state index contributed by atoms with van der Waals surface area (Å²) < 4.78 is 9.68. The van der Waals surface area contributed by atoms with Crippen LogP contribution in [-0.4, -0.2) is 19.4 Å². The van der Waals surface area contributed by atoms with E-state index in [4.69, 9.17) is 9.47 Å². The lowest BCUT2D eigenvalue weighted by Gasteiger charge is -2.07. The van der Waals surface area contributed by atoms with Crippen molar-refractivity contribution in [3.63, 3.8) is 0 Å². The number of hydrogen-bond acceptors (Lipinski definition) is 3. The Morgan fingerprint density at radius 1 is 1.33 bits per heavy atom. The van der Waals surface area contributed by atoms with E-state index in [9.17, 15) is 4.79 Å². The van der Waals surface area contributed by atoms with Crippen LogP contribution in [0.15, 0.2) is 37.0 Å². The largest absolute Gasteiger partial charge is 0.508 e. The van der Waals surface area contributed by atoms with Crippen molar-refractivity contribution in [1.29, 1.82) is 0 Å². The summed E-state index contributed by atoms with van der Waals surface area (Å²) in [6.07, 6.45) is 4.29. The third kappa shape index (κ3) is 7.55. The van der Waals surface area contributed by atoms with Crippen LogP contribution in [0.25, 0.3) is 0 Å². The minimum absolute atomic E-state index is 0.159. The molecule has 0 N–H and O–H groups in total. The van der Waals surface area contributed by atoms with E-state index in [-0.39, 0.29) is 6.61 Å². The first-order valence-corrected chi connectivity index (χ1v) is 4.83. The van der Waals surface area contributed by atoms with E-state index < -0.39 is 6.16 Å². The van der Waals surface area contributed by atoms with Crippen LogP contribution in [-0.2, 0) is 9.47 Å². The molecule has 0 rings (SSSR count). The Labute approximate surface area is 91.1 Å². The first kappa shape index (κ1) is 13.5. The zero-order valence-corrected chi connectivity index (χ0v) is 9.36. The van der Waals surface area contributed by atoms with Crippen molar-refractivity contribution in [2.75, 3.05) is 13.2 Å². The van der Waals surface area contributed by atoms with Crippen molar-refractivity contribution < 1.29 is 14.3 Å². The van der Waals surface area contributed by atoms with E-state index in [1.165, 1.54) is 0 Å². The summed E-state index contributed by atoms with van der Waals surface area (Å²) >= 11 is 0. The predicted molar refractivity (Wildman–Crippen MR) is 60.6 cm³/mol. The minimum atomic E-state index is -0.652. The highest BCUT2D eigenvalue weighted by molar-refractivity contribution is 5.60. The third-order valence-electron chi connectivity index (χ3n) is 1.49. The van der Waals surface area contributed by atoms with Gasteiger partial charge in [-0.1, -0.05) is 45.2 Å². The lowest BCUT2D eigenvalue weighted by Crippen LogP contribution is -2.12. The molecule has 0 atom stereocenters. The van der Waals surface area contributed by atoms with Crippen LogP contribution >= 0.6 is 0 Å². The molecule has 0 aromatic rings. The Morgan fingerprint density at radius 3 is 2.47 bits per heavy atom. The molecule has 0 bridgehead atoms. The van der Waals surface area contributed by atoms with Crippen LogP contribution in [0.1, 0.15) is 13.8 Å². The van der Waals surface area contributed by atoms with Gasteiger partial charge < -0.3 is 9.47 Å². The summed E-state index contributed by atoms with van der Waals surface area (Å²) in [5.41, 5.74) is 0.784. The molecule has 0 spiro atoms. The van der Waals surface area contributed by atoms with E-state index >= 15 is 0 Å². The maximum Gasteiger partial charge on any atom is 0.508 e. The molecule has 15 heavy (non-hydrogen) atoms. The Morgan fingerprint density at radius 2 is 2.00 bits per heavy atom. The summed E-state index contributed by atoms with van der Waals surface area (Å²) in [5, 5.41) is 0. The lowest BCUT2D eigenvalue weighted by atomic mass is 10.2. The molecule has 0 aliphatic rings. The van der Waals surface area contributed by atoms with Crippen molar-refractivity contribution in [1.82, 2.24) is 0 Å². The van der Waals surface area contributed by atoms with Gasteiger partial charge in [-0.2, -0.15) is 0 Å². The second kappa shape index (κ2) is 7.85. The van der Waals surface area contributed by atoms with Crippen molar-refractivity contribution in [3.05, 3.63) is 37.0 Å². The van der Waals surface area contributed by atoms with Crippen molar-refractivity contribution >= 4 is 6.16 Å². The van der Waals surface area contributed by atoms with Gasteiger partial charge in [0.05, 0.1) is 6.61 Å². The van der Waals surface area contributed by atoms with Gasteiger partial charge in [-0.15, -0.1) is 0 Å². The molecule has 0 amide bonds. The molecule has 0 aliphatic carbocycles. The summed E-state index contributed by atoms with van der Waals surface area (Å²) in [6, 6.07) is 0. The van der Waals surface area contributed by atoms with Crippen LogP contribution < -0.4 is 0 Å². The van der Waals surface area contributed by atoms with Crippen LogP contribution in [0, 0.1) is 5.92 Å². The average Bonchev–Trinajstić information content (AvgIpc) is 2.21. The monoisotopic (exact) mass is 210 g/mol. The topological polar surface area (TPSA) is 35.5 Å². The zero-order chi connectivity index (χ0) is 11.7. The number of rotatable bonds is 6. The van der Waals surface area contributed by atoms with Gasteiger partial charge in [0.2, 0.25) is 0 Å². The fraction of sp³-hybridized carbons (Fsp3) is 0.417. The lowest BCUT2D eigenvalue weighted by molar-refractivity contribution is 0.0539. The first-order valence-electron chi connectivity index (χ1n) is 4.83. The Balaban J connectivity index is 3.83. The highest BCUT2D eigenvalue weighted by atomic mass is 16.7. The molecule has 0 heterocycles. The minimum Gasteiger partial charge on any atom is -0.434 e. The highest BCUT2D eigenvalue weighted by Gasteiger charge is 2.05. The SMILES string of the molecule is C=CC=C(C=C)COC(=O)OCC(C)C. The third-order valence-corrected chi connectivity index (χ3v) is 1.49. The van der Waals surface area contributed by atoms with E-state index in [1.807, 2.05) is 13.8 Å². The Kier molecular flexibility index (Phi) is 7.06. The maximum absolute atomic E-state index is 11.0. The maximum atomic E-state index is 11.0. The summed E-state index contributed by atoms with van der Waals surface area (Å²) in [4.78, 5) is 11.0. The van der Waals surface area contributed by atoms with Gasteiger partial charge in [0.25, 0.3) is 0 Å². The highest BCUT2D eigenvalue weighted by Crippen LogP contribution is 2.00. The predicted octanol–water partition coefficient (Wildman–Crippen LogP) is 3.09. The summed E-state index contributed by atoms with van der Waals surface area (Å²) in [6.45, 7) is 11.6. The molecule has 0 aromatic heterocycles. The molecule has 0 saturated heterocycles. The first-order chi connectivity index (χ1) is 7.10. The Bertz CT molecular complexity index is 252. The van der Waals surface area contributed by atoms with Gasteiger partial charge in [-0.05, 0) is 11.5 Å². The van der Waals surface area contributed by atoms with Gasteiger partial charge in [0.1, 0.15) is 6.61 Å². The number of allylic oxidation sites excluding steroid dienone is 2. The molecule has 0 radical (unpaired) electrons. The van der Waals surface area contributed by atoms with Crippen LogP contribution in [0.3, 0.4) is 0 Å². The van der Waals surface area contributed by atoms with Crippen molar-refractivity contribution in [3.8, 4) is 0 Å². The molecule has 84 valence electrons. The number of carbonyl (C=O) groups excluding carboxylic acids is 1. The molecule has 3 heteroatoms. The number of ether oxygens (including phenoxy) is 2. The standard InChI is InChI=1S/C12H18O3/c1-5-7-11(6-2)9-15-12(13)14-8-10(3)4/h5-7,10H,1-2,8-9H2,3-4H3. The van der Waals surface area contributed by atoms with Crippen LogP contribution in [0.4, 0.5) is 4.79 Å². The van der Waals surface area contributed by atoms with Crippen molar-refractivity contribution in [2.45, 2.75) is 13.8 Å². The van der Waals surface area contributed by atoms with Gasteiger partial charge in [-0.3, -0.25) is 0 Å². The van der Waals surface area contributed by atoms with Gasteiger partial charge in [0, 0.05) is 0 Å². The zero-order valence-electron chi connectivity index (χ0n) is 9.36. The Hall–Kier alpha value is -1.51.